The van der Waals surface area contributed by atoms with E-state index in [1.165, 1.54) is 24.0 Å². The van der Waals surface area contributed by atoms with E-state index in [-0.39, 0.29) is 11.9 Å². The lowest BCUT2D eigenvalue weighted by Gasteiger charge is -2.43. The van der Waals surface area contributed by atoms with Gasteiger partial charge in [-0.15, -0.1) is 0 Å². The molecule has 2 amide bonds. The van der Waals surface area contributed by atoms with Crippen molar-refractivity contribution in [2.75, 3.05) is 32.7 Å². The number of hydrogen-bond donors (Lipinski definition) is 0. The van der Waals surface area contributed by atoms with Gasteiger partial charge in [-0.25, -0.2) is 0 Å². The highest BCUT2D eigenvalue weighted by Gasteiger charge is 2.40. The number of benzene rings is 2. The van der Waals surface area contributed by atoms with E-state index < -0.39 is 0 Å². The first-order valence-electron chi connectivity index (χ1n) is 12.6. The van der Waals surface area contributed by atoms with Crippen molar-refractivity contribution in [3.05, 3.63) is 70.8 Å². The minimum atomic E-state index is -0.0469. The molecule has 2 aliphatic heterocycles. The van der Waals surface area contributed by atoms with Crippen LogP contribution in [0.1, 0.15) is 52.7 Å². The third-order valence-corrected chi connectivity index (χ3v) is 7.84. The Bertz CT molecular complexity index is 988. The molecule has 0 N–H and O–H groups in total. The second-order valence-electron chi connectivity index (χ2n) is 9.96. The summed E-state index contributed by atoms with van der Waals surface area (Å²) in [5, 5.41) is 0. The minimum Gasteiger partial charge on any atom is -0.337 e. The molecule has 33 heavy (non-hydrogen) atoms. The summed E-state index contributed by atoms with van der Waals surface area (Å²) in [5.74, 6) is 0.842. The van der Waals surface area contributed by atoms with Gasteiger partial charge in [0.2, 0.25) is 5.91 Å². The van der Waals surface area contributed by atoms with Crippen molar-refractivity contribution in [3.63, 3.8) is 0 Å². The number of aryl methyl sites for hydroxylation is 1. The maximum atomic E-state index is 13.9. The van der Waals surface area contributed by atoms with Gasteiger partial charge in [0.1, 0.15) is 0 Å². The molecule has 1 saturated heterocycles. The zero-order chi connectivity index (χ0) is 22.8. The van der Waals surface area contributed by atoms with Crippen LogP contribution in [0, 0.1) is 12.8 Å². The van der Waals surface area contributed by atoms with E-state index in [2.05, 4.69) is 34.1 Å². The van der Waals surface area contributed by atoms with E-state index in [1.54, 1.807) is 0 Å². The molecule has 1 atom stereocenters. The molecule has 1 saturated carbocycles. The Hall–Kier alpha value is -2.66. The number of hydrogen-bond acceptors (Lipinski definition) is 3. The van der Waals surface area contributed by atoms with E-state index in [4.69, 9.17) is 0 Å². The highest BCUT2D eigenvalue weighted by atomic mass is 16.2. The fourth-order valence-electron chi connectivity index (χ4n) is 5.88. The summed E-state index contributed by atoms with van der Waals surface area (Å²) in [4.78, 5) is 33.3. The molecule has 0 spiro atoms. The van der Waals surface area contributed by atoms with Crippen LogP contribution in [0.4, 0.5) is 0 Å². The number of piperazine rings is 1. The lowest BCUT2D eigenvalue weighted by atomic mass is 9.92. The minimum absolute atomic E-state index is 0.0469. The third kappa shape index (κ3) is 4.70. The van der Waals surface area contributed by atoms with Crippen LogP contribution in [0.25, 0.3) is 0 Å². The summed E-state index contributed by atoms with van der Waals surface area (Å²) in [6.07, 6.45) is 5.68. The van der Waals surface area contributed by atoms with Crippen LogP contribution in [0.2, 0.25) is 0 Å². The highest BCUT2D eigenvalue weighted by molar-refractivity contribution is 5.94. The summed E-state index contributed by atoms with van der Waals surface area (Å²) in [5.41, 5.74) is 4.58. The van der Waals surface area contributed by atoms with Gasteiger partial charge < -0.3 is 9.80 Å². The van der Waals surface area contributed by atoms with Gasteiger partial charge >= 0.3 is 0 Å². The second-order valence-corrected chi connectivity index (χ2v) is 9.96. The van der Waals surface area contributed by atoms with Crippen LogP contribution in [0.5, 0.6) is 0 Å². The molecular formula is C28H35N3O2. The van der Waals surface area contributed by atoms with Crippen molar-refractivity contribution in [1.29, 1.82) is 0 Å². The molecule has 5 heteroatoms. The quantitative estimate of drug-likeness (QED) is 0.717. The van der Waals surface area contributed by atoms with E-state index in [9.17, 15) is 9.59 Å². The molecule has 3 aliphatic rings. The third-order valence-electron chi connectivity index (χ3n) is 7.84. The largest absolute Gasteiger partial charge is 0.337 e. The van der Waals surface area contributed by atoms with Crippen LogP contribution in [-0.4, -0.2) is 65.3 Å². The summed E-state index contributed by atoms with van der Waals surface area (Å²) in [6.45, 7) is 6.49. The maximum Gasteiger partial charge on any atom is 0.253 e. The molecule has 5 rings (SSSR count). The molecule has 0 aromatic heterocycles. The summed E-state index contributed by atoms with van der Waals surface area (Å²) in [7, 11) is 0. The van der Waals surface area contributed by atoms with Gasteiger partial charge in [-0.1, -0.05) is 54.8 Å². The smallest absolute Gasteiger partial charge is 0.253 e. The van der Waals surface area contributed by atoms with Crippen LogP contribution in [0.15, 0.2) is 48.5 Å². The zero-order valence-electron chi connectivity index (χ0n) is 19.7. The number of fused-ring (bicyclic) bond motifs is 1. The SMILES string of the molecule is Cc1ccc(C(=O)N2CCN(C(C(=O)N3CCc4ccccc4C3)C3CCCC3)CC2)cc1. The molecule has 5 nitrogen and oxygen atoms in total. The average molecular weight is 446 g/mol. The molecule has 1 unspecified atom stereocenters. The summed E-state index contributed by atoms with van der Waals surface area (Å²) < 4.78 is 0. The van der Waals surface area contributed by atoms with Gasteiger partial charge in [0.15, 0.2) is 0 Å². The Morgan fingerprint density at radius 3 is 2.18 bits per heavy atom. The van der Waals surface area contributed by atoms with Gasteiger partial charge in [0.25, 0.3) is 5.91 Å². The van der Waals surface area contributed by atoms with Crippen molar-refractivity contribution in [1.82, 2.24) is 14.7 Å². The van der Waals surface area contributed by atoms with Crippen molar-refractivity contribution in [2.24, 2.45) is 5.92 Å². The Morgan fingerprint density at radius 1 is 0.818 bits per heavy atom. The Morgan fingerprint density at radius 2 is 1.48 bits per heavy atom. The Kier molecular flexibility index (Phi) is 6.50. The molecule has 174 valence electrons. The van der Waals surface area contributed by atoms with Gasteiger partial charge in [-0.2, -0.15) is 0 Å². The van der Waals surface area contributed by atoms with E-state index in [0.717, 1.165) is 56.6 Å². The van der Waals surface area contributed by atoms with E-state index in [1.807, 2.05) is 36.1 Å². The fourth-order valence-corrected chi connectivity index (χ4v) is 5.88. The Labute approximate surface area is 197 Å². The monoisotopic (exact) mass is 445 g/mol. The van der Waals surface area contributed by atoms with Crippen molar-refractivity contribution in [3.8, 4) is 0 Å². The first-order chi connectivity index (χ1) is 16.1. The zero-order valence-corrected chi connectivity index (χ0v) is 19.7. The van der Waals surface area contributed by atoms with E-state index in [0.29, 0.717) is 24.9 Å². The van der Waals surface area contributed by atoms with Crippen molar-refractivity contribution >= 4 is 11.8 Å². The first kappa shape index (κ1) is 22.1. The number of nitrogens with zero attached hydrogens (tertiary/aromatic N) is 3. The van der Waals surface area contributed by atoms with Gasteiger partial charge in [-0.05, 0) is 55.4 Å². The van der Waals surface area contributed by atoms with Crippen LogP contribution in [-0.2, 0) is 17.8 Å². The molecule has 2 heterocycles. The number of rotatable bonds is 4. The van der Waals surface area contributed by atoms with Crippen molar-refractivity contribution < 1.29 is 9.59 Å². The van der Waals surface area contributed by atoms with Crippen LogP contribution in [0.3, 0.4) is 0 Å². The Balaban J connectivity index is 1.27. The fraction of sp³-hybridized carbons (Fsp3) is 0.500. The van der Waals surface area contributed by atoms with E-state index >= 15 is 0 Å². The molecule has 2 aromatic rings. The molecule has 2 fully saturated rings. The van der Waals surface area contributed by atoms with Gasteiger partial charge in [0, 0.05) is 44.8 Å². The number of carbonyl (C=O) groups excluding carboxylic acids is 2. The molecule has 1 aliphatic carbocycles. The first-order valence-corrected chi connectivity index (χ1v) is 12.6. The predicted octanol–water partition coefficient (Wildman–Crippen LogP) is 3.90. The lowest BCUT2D eigenvalue weighted by molar-refractivity contribution is -0.141. The predicted molar refractivity (Wildman–Crippen MR) is 130 cm³/mol. The molecule has 0 bridgehead atoms. The summed E-state index contributed by atoms with van der Waals surface area (Å²) >= 11 is 0. The molecule has 0 radical (unpaired) electrons. The van der Waals surface area contributed by atoms with Crippen LogP contribution < -0.4 is 0 Å². The summed E-state index contributed by atoms with van der Waals surface area (Å²) in [6, 6.07) is 16.3. The van der Waals surface area contributed by atoms with Crippen LogP contribution >= 0.6 is 0 Å². The van der Waals surface area contributed by atoms with Crippen molar-refractivity contribution in [2.45, 2.75) is 51.6 Å². The maximum absolute atomic E-state index is 13.9. The van der Waals surface area contributed by atoms with Gasteiger partial charge in [-0.3, -0.25) is 14.5 Å². The average Bonchev–Trinajstić information content (AvgIpc) is 3.39. The highest BCUT2D eigenvalue weighted by Crippen LogP contribution is 2.33. The normalized spacial score (nSPS) is 20.5. The second kappa shape index (κ2) is 9.68. The molecular weight excluding hydrogens is 410 g/mol. The van der Waals surface area contributed by atoms with Gasteiger partial charge in [0.05, 0.1) is 6.04 Å². The number of carbonyl (C=O) groups is 2. The standard InChI is InChI=1S/C28H35N3O2/c1-21-10-12-24(13-11-21)27(32)30-18-16-29(17-19-30)26(23-7-3-4-8-23)28(33)31-15-14-22-6-2-5-9-25(22)20-31/h2,5-6,9-13,23,26H,3-4,7-8,14-20H2,1H3. The number of amides is 2. The topological polar surface area (TPSA) is 43.9 Å². The molecule has 2 aromatic carbocycles. The lowest BCUT2D eigenvalue weighted by Crippen LogP contribution is -2.58.